The Hall–Kier alpha value is -2.22. The summed E-state index contributed by atoms with van der Waals surface area (Å²) in [7, 11) is 3.82. The molecule has 0 fully saturated rings. The van der Waals surface area contributed by atoms with Gasteiger partial charge < -0.3 is 0 Å². The molecule has 0 heterocycles. The molecule has 2 nitrogen and oxygen atoms in total. The third kappa shape index (κ3) is 11.5. The molecule has 0 aromatic heterocycles. The molecule has 0 bridgehead atoms. The maximum Gasteiger partial charge on any atom is 0.0903 e. The molecule has 2 heteroatoms. The van der Waals surface area contributed by atoms with Gasteiger partial charge in [-0.3, -0.25) is 9.98 Å². The second kappa shape index (κ2) is 17.8. The van der Waals surface area contributed by atoms with E-state index in [1.165, 1.54) is 96.0 Å². The van der Waals surface area contributed by atoms with E-state index in [1.807, 2.05) is 14.1 Å². The number of nitrogens with zero attached hydrogens (tertiary/aromatic N) is 2. The topological polar surface area (TPSA) is 24.7 Å². The third-order valence-electron chi connectivity index (χ3n) is 9.04. The lowest BCUT2D eigenvalue weighted by Gasteiger charge is -2.25. The van der Waals surface area contributed by atoms with Crippen molar-refractivity contribution in [2.45, 2.75) is 147 Å². The Bertz CT molecular complexity index is 1050. The molecule has 42 heavy (non-hydrogen) atoms. The fourth-order valence-electron chi connectivity index (χ4n) is 5.53. The Morgan fingerprint density at radius 1 is 0.571 bits per heavy atom. The van der Waals surface area contributed by atoms with Gasteiger partial charge in [-0.25, -0.2) is 0 Å². The van der Waals surface area contributed by atoms with Crippen molar-refractivity contribution in [3.63, 3.8) is 0 Å². The number of rotatable bonds is 14. The van der Waals surface area contributed by atoms with Crippen LogP contribution in [0, 0.1) is 10.8 Å². The van der Waals surface area contributed by atoms with E-state index >= 15 is 0 Å². The van der Waals surface area contributed by atoms with Gasteiger partial charge in [0.25, 0.3) is 0 Å². The van der Waals surface area contributed by atoms with E-state index in [9.17, 15) is 0 Å². The van der Waals surface area contributed by atoms with E-state index in [4.69, 9.17) is 9.98 Å². The summed E-state index contributed by atoms with van der Waals surface area (Å²) in [5.41, 5.74) is 13.1. The van der Waals surface area contributed by atoms with E-state index in [2.05, 4.69) is 107 Å². The van der Waals surface area contributed by atoms with Gasteiger partial charge in [0.15, 0.2) is 0 Å². The van der Waals surface area contributed by atoms with Crippen molar-refractivity contribution < 1.29 is 0 Å². The van der Waals surface area contributed by atoms with Crippen LogP contribution >= 0.6 is 0 Å². The second-order valence-electron chi connectivity index (χ2n) is 14.4. The van der Waals surface area contributed by atoms with Crippen LogP contribution in [0.3, 0.4) is 0 Å². The largest absolute Gasteiger partial charge is 0.286 e. The zero-order valence-corrected chi connectivity index (χ0v) is 30.3. The van der Waals surface area contributed by atoms with Crippen molar-refractivity contribution >= 4 is 11.4 Å². The monoisotopic (exact) mass is 575 g/mol. The molecular formula is C40H66N2. The fraction of sp³-hybridized carbons (Fsp3) is 0.650. The number of hydrogen-bond donors (Lipinski definition) is 0. The first-order valence-corrected chi connectivity index (χ1v) is 16.8. The van der Waals surface area contributed by atoms with Crippen molar-refractivity contribution in [1.29, 1.82) is 0 Å². The molecular weight excluding hydrogens is 508 g/mol. The molecule has 0 N–H and O–H groups in total. The van der Waals surface area contributed by atoms with Crippen LogP contribution in [0.2, 0.25) is 0 Å². The first-order valence-electron chi connectivity index (χ1n) is 16.8. The highest BCUT2D eigenvalue weighted by Gasteiger charge is 2.24. The first kappa shape index (κ1) is 37.8. The molecule has 0 saturated heterocycles. The molecule has 236 valence electrons. The minimum Gasteiger partial charge on any atom is -0.286 e. The zero-order chi connectivity index (χ0) is 32.1. The lowest BCUT2D eigenvalue weighted by molar-refractivity contribution is 0.495. The summed E-state index contributed by atoms with van der Waals surface area (Å²) >= 11 is 0. The Balaban J connectivity index is 3.63. The van der Waals surface area contributed by atoms with E-state index in [0.29, 0.717) is 0 Å². The van der Waals surface area contributed by atoms with Gasteiger partial charge in [0.05, 0.1) is 11.4 Å². The first-order chi connectivity index (χ1) is 19.6. The van der Waals surface area contributed by atoms with E-state index in [0.717, 1.165) is 24.3 Å². The number of hydrogen-bond acceptors (Lipinski definition) is 2. The van der Waals surface area contributed by atoms with Crippen LogP contribution < -0.4 is 0 Å². The Morgan fingerprint density at radius 3 is 1.17 bits per heavy atom. The summed E-state index contributed by atoms with van der Waals surface area (Å²) in [5.74, 6) is 0. The van der Waals surface area contributed by atoms with Crippen molar-refractivity contribution in [2.24, 2.45) is 20.8 Å². The highest BCUT2D eigenvalue weighted by molar-refractivity contribution is 6.56. The van der Waals surface area contributed by atoms with Crippen LogP contribution in [-0.2, 0) is 0 Å². The minimum atomic E-state index is 0.150. The van der Waals surface area contributed by atoms with Crippen LogP contribution in [-0.4, -0.2) is 25.5 Å². The average molecular weight is 575 g/mol. The Labute approximate surface area is 262 Å². The Kier molecular flexibility index (Phi) is 16.0. The SMILES string of the molecule is CCCCCCC(/C=C(\C)C1=CC=C(/C(C)=C/C(CCCCCC)=C(\C)C(C)(C)C)C(=N/C)/C1=N\C)=C(/C)C(C)(C)C. The van der Waals surface area contributed by atoms with Crippen molar-refractivity contribution in [3.05, 3.63) is 68.9 Å². The normalized spacial score (nSPS) is 18.7. The maximum absolute atomic E-state index is 4.83. The summed E-state index contributed by atoms with van der Waals surface area (Å²) in [5, 5.41) is 0. The smallest absolute Gasteiger partial charge is 0.0903 e. The van der Waals surface area contributed by atoms with Crippen molar-refractivity contribution in [1.82, 2.24) is 0 Å². The molecule has 0 aromatic rings. The van der Waals surface area contributed by atoms with Gasteiger partial charge in [0.1, 0.15) is 0 Å². The van der Waals surface area contributed by atoms with Crippen LogP contribution in [0.1, 0.15) is 147 Å². The van der Waals surface area contributed by atoms with Crippen LogP contribution in [0.4, 0.5) is 0 Å². The lowest BCUT2D eigenvalue weighted by Crippen LogP contribution is -2.23. The maximum atomic E-state index is 4.83. The highest BCUT2D eigenvalue weighted by atomic mass is 14.8. The number of allylic oxidation sites excluding steroid dienone is 12. The molecule has 0 amide bonds. The van der Waals surface area contributed by atoms with Gasteiger partial charge in [-0.2, -0.15) is 0 Å². The Morgan fingerprint density at radius 2 is 0.905 bits per heavy atom. The summed E-state index contributed by atoms with van der Waals surface area (Å²) in [6.07, 6.45) is 21.9. The van der Waals surface area contributed by atoms with Crippen LogP contribution in [0.25, 0.3) is 0 Å². The molecule has 0 spiro atoms. The quantitative estimate of drug-likeness (QED) is 0.112. The van der Waals surface area contributed by atoms with Crippen LogP contribution in [0.5, 0.6) is 0 Å². The molecule has 0 aliphatic heterocycles. The van der Waals surface area contributed by atoms with E-state index in [1.54, 1.807) is 0 Å². The summed E-state index contributed by atoms with van der Waals surface area (Å²) in [6.45, 7) is 27.7. The molecule has 1 aliphatic carbocycles. The molecule has 1 rings (SSSR count). The summed E-state index contributed by atoms with van der Waals surface area (Å²) in [6, 6.07) is 0. The van der Waals surface area contributed by atoms with Gasteiger partial charge in [-0.1, -0.05) is 129 Å². The van der Waals surface area contributed by atoms with Gasteiger partial charge in [0.2, 0.25) is 0 Å². The molecule has 1 aliphatic rings. The fourth-order valence-corrected chi connectivity index (χ4v) is 5.53. The standard InChI is InChI=1S/C40H66N2/c1-15-17-19-21-23-33(31(5)39(7,8)9)27-29(3)35-25-26-36(38(42-14)37(35)41-13)30(4)28-34(24-22-20-18-16-2)32(6)40(10,11)12/h25-28H,15-24H2,1-14H3/b29-27+,30-28+,33-31+,34-32+,41-37-,42-38-. The van der Waals surface area contributed by atoms with Crippen molar-refractivity contribution in [3.8, 4) is 0 Å². The van der Waals surface area contributed by atoms with Crippen LogP contribution in [0.15, 0.2) is 78.9 Å². The highest BCUT2D eigenvalue weighted by Crippen LogP contribution is 2.34. The molecule has 0 radical (unpaired) electrons. The van der Waals surface area contributed by atoms with Crippen molar-refractivity contribution in [2.75, 3.05) is 14.1 Å². The molecule has 0 aromatic carbocycles. The van der Waals surface area contributed by atoms with E-state index in [-0.39, 0.29) is 10.8 Å². The number of unbranched alkanes of at least 4 members (excludes halogenated alkanes) is 6. The minimum absolute atomic E-state index is 0.150. The number of aliphatic imine (C=N–C) groups is 2. The molecule has 0 unspecified atom stereocenters. The average Bonchev–Trinajstić information content (AvgIpc) is 2.93. The second-order valence-corrected chi connectivity index (χ2v) is 14.4. The molecule has 0 saturated carbocycles. The van der Waals surface area contributed by atoms with Gasteiger partial charge in [0, 0.05) is 25.2 Å². The zero-order valence-electron chi connectivity index (χ0n) is 30.3. The predicted octanol–water partition coefficient (Wildman–Crippen LogP) is 12.6. The summed E-state index contributed by atoms with van der Waals surface area (Å²) < 4.78 is 0. The molecule has 0 atom stereocenters. The van der Waals surface area contributed by atoms with Gasteiger partial charge >= 0.3 is 0 Å². The van der Waals surface area contributed by atoms with Gasteiger partial charge in [-0.05, 0) is 86.5 Å². The van der Waals surface area contributed by atoms with Gasteiger partial charge in [-0.15, -0.1) is 0 Å². The summed E-state index contributed by atoms with van der Waals surface area (Å²) in [4.78, 5) is 9.65. The third-order valence-corrected chi connectivity index (χ3v) is 9.04. The lowest BCUT2D eigenvalue weighted by atomic mass is 9.80. The predicted molar refractivity (Wildman–Crippen MR) is 192 cm³/mol. The van der Waals surface area contributed by atoms with E-state index < -0.39 is 0 Å².